The summed E-state index contributed by atoms with van der Waals surface area (Å²) in [4.78, 5) is 0. The lowest BCUT2D eigenvalue weighted by Crippen LogP contribution is -2.63. The fourth-order valence-corrected chi connectivity index (χ4v) is 7.80. The maximum atomic E-state index is 7.98. The number of ether oxygens (including phenoxy) is 7. The van der Waals surface area contributed by atoms with E-state index in [2.05, 4.69) is 30.3 Å². The first kappa shape index (κ1) is 38.9. The molecule has 2 aliphatic rings. The van der Waals surface area contributed by atoms with Gasteiger partial charge in [0.2, 0.25) is 0 Å². The molecule has 0 aliphatic carbocycles. The molecule has 0 bridgehead atoms. The van der Waals surface area contributed by atoms with E-state index >= 15 is 0 Å². The molecule has 1 fully saturated rings. The Balaban J connectivity index is 1.16. The van der Waals surface area contributed by atoms with Crippen LogP contribution in [0.25, 0.3) is 0 Å². The molecule has 0 spiro atoms. The molecule has 5 atom stereocenters. The van der Waals surface area contributed by atoms with E-state index in [0.29, 0.717) is 39.5 Å². The molecule has 6 aromatic carbocycles. The summed E-state index contributed by atoms with van der Waals surface area (Å²) >= 11 is 7.98. The zero-order valence-corrected chi connectivity index (χ0v) is 32.5. The molecule has 0 aromatic heterocycles. The lowest BCUT2D eigenvalue weighted by Gasteiger charge is -2.50. The molecular weight excluding hydrogens is 736 g/mol. The van der Waals surface area contributed by atoms with Crippen molar-refractivity contribution in [3.63, 3.8) is 0 Å². The summed E-state index contributed by atoms with van der Waals surface area (Å²) in [6.45, 7) is 2.62. The molecule has 8 rings (SSSR count). The first-order valence-corrected chi connectivity index (χ1v) is 19.9. The van der Waals surface area contributed by atoms with Crippen LogP contribution in [0.15, 0.2) is 164 Å². The summed E-state index contributed by atoms with van der Waals surface area (Å²) in [6, 6.07) is 54.7. The second-order valence-corrected chi connectivity index (χ2v) is 15.0. The van der Waals surface area contributed by atoms with Gasteiger partial charge in [0.25, 0.3) is 0 Å². The van der Waals surface area contributed by atoms with Gasteiger partial charge in [-0.15, -0.1) is 0 Å². The number of benzene rings is 6. The SMILES string of the molecule is Cl[C@]1(c2cccc(Cc3ccc4c(c3)OCCO4)c2)O[C@H](COCc2ccccc2)[C@@H](OCc2ccccc2)[C@@H](OCc2ccccc2)[C@@H]1OCc1ccccc1. The number of halogens is 1. The molecule has 8 heteroatoms. The molecule has 7 nitrogen and oxygen atoms in total. The van der Waals surface area contributed by atoms with Gasteiger partial charge in [-0.25, -0.2) is 0 Å². The fraction of sp³-hybridized carbons (Fsp3) is 0.265. The fourth-order valence-electron chi connectivity index (χ4n) is 7.38. The Kier molecular flexibility index (Phi) is 12.9. The Morgan fingerprint density at radius 1 is 0.491 bits per heavy atom. The summed E-state index contributed by atoms with van der Waals surface area (Å²) in [6.07, 6.45) is -2.07. The van der Waals surface area contributed by atoms with Crippen LogP contribution in [-0.2, 0) is 61.6 Å². The Hall–Kier alpha value is -4.99. The highest BCUT2D eigenvalue weighted by atomic mass is 35.5. The maximum absolute atomic E-state index is 7.98. The third-order valence-electron chi connectivity index (χ3n) is 10.2. The first-order valence-electron chi connectivity index (χ1n) is 19.5. The molecule has 0 radical (unpaired) electrons. The Morgan fingerprint density at radius 2 is 1.00 bits per heavy atom. The first-order chi connectivity index (χ1) is 28.1. The van der Waals surface area contributed by atoms with Gasteiger partial charge < -0.3 is 33.2 Å². The van der Waals surface area contributed by atoms with Crippen LogP contribution in [0.4, 0.5) is 0 Å². The third-order valence-corrected chi connectivity index (χ3v) is 10.8. The Labute approximate surface area is 340 Å². The average Bonchev–Trinajstić information content (AvgIpc) is 3.26. The highest BCUT2D eigenvalue weighted by Crippen LogP contribution is 2.46. The monoisotopic (exact) mass is 782 g/mol. The van der Waals surface area contributed by atoms with Crippen LogP contribution in [0.1, 0.15) is 38.9 Å². The smallest absolute Gasteiger partial charge is 0.196 e. The Bertz CT molecular complexity index is 2140. The third kappa shape index (κ3) is 9.94. The quantitative estimate of drug-likeness (QED) is 0.0907. The minimum atomic E-state index is -1.49. The maximum Gasteiger partial charge on any atom is 0.196 e. The zero-order valence-electron chi connectivity index (χ0n) is 31.8. The molecule has 6 aromatic rings. The number of fused-ring (bicyclic) bond motifs is 1. The van der Waals surface area contributed by atoms with Crippen molar-refractivity contribution in [3.05, 3.63) is 203 Å². The number of hydrogen-bond acceptors (Lipinski definition) is 7. The van der Waals surface area contributed by atoms with Crippen molar-refractivity contribution >= 4 is 11.6 Å². The van der Waals surface area contributed by atoms with Crippen molar-refractivity contribution in [1.82, 2.24) is 0 Å². The van der Waals surface area contributed by atoms with Crippen LogP contribution in [0, 0.1) is 0 Å². The van der Waals surface area contributed by atoms with Crippen LogP contribution < -0.4 is 9.47 Å². The minimum Gasteiger partial charge on any atom is -0.486 e. The zero-order chi connectivity index (χ0) is 38.7. The van der Waals surface area contributed by atoms with E-state index in [9.17, 15) is 0 Å². The summed E-state index contributed by atoms with van der Waals surface area (Å²) in [5.41, 5.74) is 6.99. The summed E-state index contributed by atoms with van der Waals surface area (Å²) in [5, 5.41) is -1.49. The normalized spacial score (nSPS) is 21.6. The molecule has 0 unspecified atom stereocenters. The van der Waals surface area contributed by atoms with Crippen molar-refractivity contribution in [1.29, 1.82) is 0 Å². The van der Waals surface area contributed by atoms with E-state index in [1.54, 1.807) is 0 Å². The topological polar surface area (TPSA) is 64.6 Å². The second kappa shape index (κ2) is 19.0. The molecule has 2 heterocycles. The van der Waals surface area contributed by atoms with Crippen LogP contribution in [-0.4, -0.2) is 44.2 Å². The summed E-state index contributed by atoms with van der Waals surface area (Å²) in [5.74, 6) is 1.52. The van der Waals surface area contributed by atoms with Crippen molar-refractivity contribution in [2.45, 2.75) is 62.3 Å². The van der Waals surface area contributed by atoms with Gasteiger partial charge in [-0.1, -0.05) is 163 Å². The molecule has 0 N–H and O–H groups in total. The second-order valence-electron chi connectivity index (χ2n) is 14.4. The van der Waals surface area contributed by atoms with E-state index in [1.165, 1.54) is 0 Å². The van der Waals surface area contributed by atoms with E-state index in [4.69, 9.17) is 44.8 Å². The van der Waals surface area contributed by atoms with Crippen molar-refractivity contribution in [2.24, 2.45) is 0 Å². The Morgan fingerprint density at radius 3 is 1.61 bits per heavy atom. The van der Waals surface area contributed by atoms with Crippen molar-refractivity contribution < 1.29 is 33.2 Å². The number of rotatable bonds is 16. The van der Waals surface area contributed by atoms with Crippen LogP contribution in [0.3, 0.4) is 0 Å². The van der Waals surface area contributed by atoms with Gasteiger partial charge in [-0.05, 0) is 51.9 Å². The summed E-state index contributed by atoms with van der Waals surface area (Å²) in [7, 11) is 0. The lowest BCUT2D eigenvalue weighted by molar-refractivity contribution is -0.289. The van der Waals surface area contributed by atoms with Gasteiger partial charge in [0, 0.05) is 5.56 Å². The molecule has 57 heavy (non-hydrogen) atoms. The van der Waals surface area contributed by atoms with Crippen LogP contribution >= 0.6 is 11.6 Å². The molecule has 292 valence electrons. The van der Waals surface area contributed by atoms with Gasteiger partial charge in [-0.2, -0.15) is 0 Å². The van der Waals surface area contributed by atoms with Gasteiger partial charge in [0.15, 0.2) is 16.6 Å². The van der Waals surface area contributed by atoms with Gasteiger partial charge in [0.05, 0.1) is 33.0 Å². The van der Waals surface area contributed by atoms with Crippen molar-refractivity contribution in [3.8, 4) is 11.5 Å². The summed E-state index contributed by atoms with van der Waals surface area (Å²) < 4.78 is 46.0. The largest absolute Gasteiger partial charge is 0.486 e. The highest BCUT2D eigenvalue weighted by Gasteiger charge is 2.57. The predicted octanol–water partition coefficient (Wildman–Crippen LogP) is 9.81. The standard InChI is InChI=1S/C49H47ClO7/c50-49(42-23-13-22-40(29-42)28-41-24-25-43-44(30-41)53-27-26-52-43)48(56-34-39-20-11-4-12-21-39)47(55-33-38-18-9-3-10-19-38)46(54-32-37-16-7-2-8-17-37)45(57-49)35-51-31-36-14-5-1-6-15-36/h1-25,29-30,45-48H,26-28,31-35H2/t45-,46-,47-,48+,49-/m1/s1. The lowest BCUT2D eigenvalue weighted by atomic mass is 9.88. The molecule has 1 saturated heterocycles. The van der Waals surface area contributed by atoms with E-state index in [-0.39, 0.29) is 13.2 Å². The van der Waals surface area contributed by atoms with Gasteiger partial charge >= 0.3 is 0 Å². The van der Waals surface area contributed by atoms with Crippen LogP contribution in [0.5, 0.6) is 11.5 Å². The minimum absolute atomic E-state index is 0.205. The van der Waals surface area contributed by atoms with Gasteiger partial charge in [0.1, 0.15) is 37.6 Å². The van der Waals surface area contributed by atoms with E-state index in [1.807, 2.05) is 133 Å². The number of alkyl halides is 1. The number of hydrogen-bond donors (Lipinski definition) is 0. The predicted molar refractivity (Wildman–Crippen MR) is 220 cm³/mol. The molecular formula is C49H47ClO7. The van der Waals surface area contributed by atoms with E-state index < -0.39 is 29.5 Å². The van der Waals surface area contributed by atoms with Crippen LogP contribution in [0.2, 0.25) is 0 Å². The van der Waals surface area contributed by atoms with E-state index in [0.717, 1.165) is 50.4 Å². The molecule has 2 aliphatic heterocycles. The molecule has 0 saturated carbocycles. The average molecular weight is 783 g/mol. The van der Waals surface area contributed by atoms with Gasteiger partial charge in [-0.3, -0.25) is 0 Å². The highest BCUT2D eigenvalue weighted by molar-refractivity contribution is 6.23. The van der Waals surface area contributed by atoms with Crippen molar-refractivity contribution in [2.75, 3.05) is 19.8 Å². The molecule has 0 amide bonds.